The van der Waals surface area contributed by atoms with Crippen molar-refractivity contribution in [2.75, 3.05) is 0 Å². The largest absolute Gasteiger partial charge is 0.0651 e. The van der Waals surface area contributed by atoms with Crippen molar-refractivity contribution in [3.05, 3.63) is 0 Å². The minimum atomic E-state index is 0.855. The van der Waals surface area contributed by atoms with E-state index in [4.69, 9.17) is 0 Å². The first-order valence-electron chi connectivity index (χ1n) is 5.28. The molecule has 0 heteroatoms. The number of rotatable bonds is 1. The molecule has 2 aliphatic rings. The molecular weight excluding hydrogens is 132 g/mol. The molecule has 1 spiro atoms. The van der Waals surface area contributed by atoms with Gasteiger partial charge in [-0.2, -0.15) is 0 Å². The van der Waals surface area contributed by atoms with Crippen LogP contribution in [-0.2, 0) is 0 Å². The molecule has 2 aliphatic carbocycles. The van der Waals surface area contributed by atoms with Crippen LogP contribution in [0.2, 0.25) is 0 Å². The van der Waals surface area contributed by atoms with Crippen LogP contribution >= 0.6 is 0 Å². The van der Waals surface area contributed by atoms with Gasteiger partial charge < -0.3 is 0 Å². The highest BCUT2D eigenvalue weighted by atomic mass is 14.5. The van der Waals surface area contributed by atoms with Crippen LogP contribution in [0.1, 0.15) is 52.4 Å². The van der Waals surface area contributed by atoms with Crippen molar-refractivity contribution in [1.29, 1.82) is 0 Å². The van der Waals surface area contributed by atoms with Gasteiger partial charge in [-0.15, -0.1) is 0 Å². The van der Waals surface area contributed by atoms with Crippen LogP contribution in [0, 0.1) is 17.3 Å². The third kappa shape index (κ3) is 0.947. The van der Waals surface area contributed by atoms with Crippen molar-refractivity contribution in [2.24, 2.45) is 17.3 Å². The quantitative estimate of drug-likeness (QED) is 0.538. The number of hydrogen-bond acceptors (Lipinski definition) is 0. The van der Waals surface area contributed by atoms with Crippen LogP contribution in [0.3, 0.4) is 0 Å². The monoisotopic (exact) mass is 152 g/mol. The molecule has 0 aliphatic heterocycles. The Hall–Kier alpha value is 0. The summed E-state index contributed by atoms with van der Waals surface area (Å²) in [6.07, 6.45) is 9.11. The van der Waals surface area contributed by atoms with E-state index in [1.54, 1.807) is 19.3 Å². The van der Waals surface area contributed by atoms with Crippen LogP contribution < -0.4 is 0 Å². The van der Waals surface area contributed by atoms with Gasteiger partial charge in [0.05, 0.1) is 0 Å². The third-order valence-corrected chi connectivity index (χ3v) is 4.36. The molecule has 0 saturated heterocycles. The molecule has 64 valence electrons. The molecule has 0 amide bonds. The molecule has 0 heterocycles. The van der Waals surface area contributed by atoms with E-state index in [1.165, 1.54) is 19.3 Å². The van der Waals surface area contributed by atoms with Crippen LogP contribution in [0.25, 0.3) is 0 Å². The summed E-state index contributed by atoms with van der Waals surface area (Å²) in [7, 11) is 0. The Morgan fingerprint density at radius 1 is 1.27 bits per heavy atom. The van der Waals surface area contributed by atoms with Crippen LogP contribution in [-0.4, -0.2) is 0 Å². The Morgan fingerprint density at radius 2 is 2.00 bits per heavy atom. The Morgan fingerprint density at radius 3 is 2.36 bits per heavy atom. The molecule has 0 aromatic rings. The molecule has 2 rings (SSSR count). The fourth-order valence-electron chi connectivity index (χ4n) is 3.59. The highest BCUT2D eigenvalue weighted by Crippen LogP contribution is 2.59. The molecule has 0 N–H and O–H groups in total. The zero-order valence-electron chi connectivity index (χ0n) is 7.90. The van der Waals surface area contributed by atoms with Crippen molar-refractivity contribution in [2.45, 2.75) is 52.4 Å². The van der Waals surface area contributed by atoms with E-state index in [2.05, 4.69) is 13.8 Å². The maximum atomic E-state index is 2.46. The highest BCUT2D eigenvalue weighted by molar-refractivity contribution is 4.99. The Kier molecular flexibility index (Phi) is 1.74. The van der Waals surface area contributed by atoms with Crippen molar-refractivity contribution in [3.8, 4) is 0 Å². The van der Waals surface area contributed by atoms with Gasteiger partial charge in [0.1, 0.15) is 0 Å². The molecule has 2 saturated carbocycles. The molecule has 0 bridgehead atoms. The van der Waals surface area contributed by atoms with Crippen LogP contribution in [0.15, 0.2) is 0 Å². The number of hydrogen-bond donors (Lipinski definition) is 0. The van der Waals surface area contributed by atoms with Gasteiger partial charge >= 0.3 is 0 Å². The minimum absolute atomic E-state index is 0.855. The summed E-state index contributed by atoms with van der Waals surface area (Å²) < 4.78 is 0. The molecule has 0 aromatic carbocycles. The first-order valence-corrected chi connectivity index (χ1v) is 5.28. The lowest BCUT2D eigenvalue weighted by atomic mass is 9.61. The normalized spacial score (nSPS) is 40.9. The second kappa shape index (κ2) is 2.50. The van der Waals surface area contributed by atoms with E-state index in [9.17, 15) is 0 Å². The Balaban J connectivity index is 2.10. The lowest BCUT2D eigenvalue weighted by Crippen LogP contribution is -2.34. The van der Waals surface area contributed by atoms with E-state index < -0.39 is 0 Å². The van der Waals surface area contributed by atoms with Crippen molar-refractivity contribution < 1.29 is 0 Å². The van der Waals surface area contributed by atoms with Gasteiger partial charge in [-0.1, -0.05) is 26.7 Å². The summed E-state index contributed by atoms with van der Waals surface area (Å²) in [6.45, 7) is 4.84. The maximum absolute atomic E-state index is 2.46. The summed E-state index contributed by atoms with van der Waals surface area (Å²) in [5.41, 5.74) is 0.855. The van der Waals surface area contributed by atoms with Gasteiger partial charge in [0.25, 0.3) is 0 Å². The second-order valence-electron chi connectivity index (χ2n) is 4.75. The van der Waals surface area contributed by atoms with E-state index in [-0.39, 0.29) is 0 Å². The molecule has 0 nitrogen and oxygen atoms in total. The minimum Gasteiger partial charge on any atom is -0.0651 e. The van der Waals surface area contributed by atoms with E-state index in [1.807, 2.05) is 0 Å². The summed E-state index contributed by atoms with van der Waals surface area (Å²) in [6, 6.07) is 0. The summed E-state index contributed by atoms with van der Waals surface area (Å²) in [4.78, 5) is 0. The lowest BCUT2D eigenvalue weighted by molar-refractivity contribution is 0.0623. The molecule has 0 aromatic heterocycles. The zero-order valence-corrected chi connectivity index (χ0v) is 7.90. The van der Waals surface area contributed by atoms with Crippen molar-refractivity contribution >= 4 is 0 Å². The highest BCUT2D eigenvalue weighted by Gasteiger charge is 2.48. The van der Waals surface area contributed by atoms with E-state index >= 15 is 0 Å². The maximum Gasteiger partial charge on any atom is -0.0267 e. The SMILES string of the molecule is CCC1C(C)CCC12CCC2. The predicted octanol–water partition coefficient (Wildman–Crippen LogP) is 3.61. The smallest absolute Gasteiger partial charge is 0.0267 e. The van der Waals surface area contributed by atoms with Gasteiger partial charge in [-0.3, -0.25) is 0 Å². The fraction of sp³-hybridized carbons (Fsp3) is 1.00. The molecular formula is C11H20. The third-order valence-electron chi connectivity index (χ3n) is 4.36. The van der Waals surface area contributed by atoms with E-state index in [0.717, 1.165) is 17.3 Å². The van der Waals surface area contributed by atoms with Gasteiger partial charge in [-0.05, 0) is 42.9 Å². The van der Waals surface area contributed by atoms with Gasteiger partial charge in [0, 0.05) is 0 Å². The second-order valence-corrected chi connectivity index (χ2v) is 4.75. The Labute approximate surface area is 70.4 Å². The van der Waals surface area contributed by atoms with Gasteiger partial charge in [-0.25, -0.2) is 0 Å². The van der Waals surface area contributed by atoms with Crippen LogP contribution in [0.4, 0.5) is 0 Å². The summed E-state index contributed by atoms with van der Waals surface area (Å²) in [5.74, 6) is 2.11. The van der Waals surface area contributed by atoms with Crippen molar-refractivity contribution in [3.63, 3.8) is 0 Å². The molecule has 2 unspecified atom stereocenters. The average Bonchev–Trinajstić information content (AvgIpc) is 2.25. The lowest BCUT2D eigenvalue weighted by Gasteiger charge is -2.44. The fourth-order valence-corrected chi connectivity index (χ4v) is 3.59. The molecule has 11 heavy (non-hydrogen) atoms. The average molecular weight is 152 g/mol. The van der Waals surface area contributed by atoms with Crippen molar-refractivity contribution in [1.82, 2.24) is 0 Å². The first-order chi connectivity index (χ1) is 5.28. The zero-order chi connectivity index (χ0) is 7.90. The predicted molar refractivity (Wildman–Crippen MR) is 48.5 cm³/mol. The van der Waals surface area contributed by atoms with Gasteiger partial charge in [0.2, 0.25) is 0 Å². The van der Waals surface area contributed by atoms with Crippen LogP contribution in [0.5, 0.6) is 0 Å². The molecule has 2 atom stereocenters. The molecule has 0 radical (unpaired) electrons. The first kappa shape index (κ1) is 7.64. The summed E-state index contributed by atoms with van der Waals surface area (Å²) in [5, 5.41) is 0. The standard InChI is InChI=1S/C11H20/c1-3-10-9(2)5-8-11(10)6-4-7-11/h9-10H,3-8H2,1-2H3. The van der Waals surface area contributed by atoms with E-state index in [0.29, 0.717) is 0 Å². The topological polar surface area (TPSA) is 0 Å². The van der Waals surface area contributed by atoms with Gasteiger partial charge in [0.15, 0.2) is 0 Å². The Bertz CT molecular complexity index is 144. The summed E-state index contributed by atoms with van der Waals surface area (Å²) >= 11 is 0. The molecule has 2 fully saturated rings.